The highest BCUT2D eigenvalue weighted by Crippen LogP contribution is 2.15. The smallest absolute Gasteiger partial charge is 0.305 e. The number of hydrogen-bond acceptors (Lipinski definition) is 18. The predicted molar refractivity (Wildman–Crippen MR) is 337 cm³/mol. The fourth-order valence-corrected chi connectivity index (χ4v) is 8.95. The molecule has 11 atom stereocenters. The SMILES string of the molecule is CCCC[C@H](NC(=O)[C@H](CCC(N)=O)NC(=O)[C@H](CCCCN)NC(=O)[C@](C)(CO)NC(=O)[C@H](CC(C)C)NC(=O)[C@H](CC(=O)O)NCc1ccccc1)C(=O)N[C@@H](CCC(=O)O)C(=O)N[C@@H](CCC(=O)O)C(=O)N[C@@H](CCC(=O)O)C(=O)N[C@@H](C)C(=O)N[C@H](C)C(C)C. The molecule has 0 heterocycles. The van der Waals surface area contributed by atoms with Crippen LogP contribution in [-0.4, -0.2) is 193 Å². The number of nitrogens with one attached hydrogen (secondary N) is 11. The van der Waals surface area contributed by atoms with Crippen LogP contribution >= 0.6 is 0 Å². The Bertz CT molecular complexity index is 2740. The van der Waals surface area contributed by atoms with E-state index in [2.05, 4.69) is 58.5 Å². The van der Waals surface area contributed by atoms with Crippen LogP contribution in [0.15, 0.2) is 30.3 Å². The van der Waals surface area contributed by atoms with E-state index in [4.69, 9.17) is 11.5 Å². The third kappa shape index (κ3) is 32.6. The van der Waals surface area contributed by atoms with Gasteiger partial charge in [-0.15, -0.1) is 0 Å². The van der Waals surface area contributed by atoms with Gasteiger partial charge < -0.3 is 95.5 Å². The zero-order chi connectivity index (χ0) is 71.4. The summed E-state index contributed by atoms with van der Waals surface area (Å²) in [6.07, 6.45) is -5.09. The first kappa shape index (κ1) is 83.2. The van der Waals surface area contributed by atoms with Crippen molar-refractivity contribution >= 4 is 88.9 Å². The Kier molecular flexibility index (Phi) is 38.2. The van der Waals surface area contributed by atoms with Crippen molar-refractivity contribution in [3.05, 3.63) is 35.9 Å². The Labute approximate surface area is 546 Å². The number of aliphatic carboxylic acids is 4. The minimum Gasteiger partial charge on any atom is -0.481 e. The van der Waals surface area contributed by atoms with E-state index < -0.39 is 213 Å². The van der Waals surface area contributed by atoms with Crippen LogP contribution in [0.3, 0.4) is 0 Å². The molecule has 0 radical (unpaired) electrons. The summed E-state index contributed by atoms with van der Waals surface area (Å²) in [5.74, 6) is -17.1. The van der Waals surface area contributed by atoms with Gasteiger partial charge in [0, 0.05) is 38.3 Å². The van der Waals surface area contributed by atoms with E-state index in [0.29, 0.717) is 12.8 Å². The summed E-state index contributed by atoms with van der Waals surface area (Å²) in [5.41, 5.74) is 9.71. The Morgan fingerprint density at radius 3 is 1.27 bits per heavy atom. The largest absolute Gasteiger partial charge is 0.481 e. The molecule has 0 aliphatic rings. The minimum absolute atomic E-state index is 0.00637. The van der Waals surface area contributed by atoms with Crippen LogP contribution in [0.4, 0.5) is 0 Å². The van der Waals surface area contributed by atoms with Crippen LogP contribution in [0.5, 0.6) is 0 Å². The molecule has 1 rings (SSSR count). The fourth-order valence-electron chi connectivity index (χ4n) is 8.95. The number of carbonyl (C=O) groups excluding carboxylic acids is 11. The van der Waals surface area contributed by atoms with Gasteiger partial charge in [-0.3, -0.25) is 71.9 Å². The molecule has 33 nitrogen and oxygen atoms in total. The molecule has 0 fully saturated rings. The summed E-state index contributed by atoms with van der Waals surface area (Å²) in [5, 5.41) is 76.3. The second kappa shape index (κ2) is 43.1. The second-order valence-corrected chi connectivity index (χ2v) is 24.0. The molecule has 528 valence electrons. The lowest BCUT2D eigenvalue weighted by Gasteiger charge is -2.32. The molecule has 0 aromatic heterocycles. The van der Waals surface area contributed by atoms with Crippen molar-refractivity contribution < 1.29 is 97.5 Å². The van der Waals surface area contributed by atoms with Crippen LogP contribution in [0.2, 0.25) is 0 Å². The number of nitrogens with two attached hydrogens (primary N) is 2. The van der Waals surface area contributed by atoms with E-state index >= 15 is 0 Å². The van der Waals surface area contributed by atoms with E-state index in [1.54, 1.807) is 58.0 Å². The number of primary amides is 1. The number of unbranched alkanes of at least 4 members (excludes halogenated alkanes) is 2. The zero-order valence-corrected chi connectivity index (χ0v) is 54.8. The highest BCUT2D eigenvalue weighted by molar-refractivity contribution is 6.00. The molecule has 1 aromatic carbocycles. The van der Waals surface area contributed by atoms with Gasteiger partial charge >= 0.3 is 23.9 Å². The molecule has 0 saturated heterocycles. The van der Waals surface area contributed by atoms with Crippen LogP contribution in [0, 0.1) is 11.8 Å². The van der Waals surface area contributed by atoms with Crippen molar-refractivity contribution in [2.75, 3.05) is 13.2 Å². The highest BCUT2D eigenvalue weighted by atomic mass is 16.4. The molecule has 0 aliphatic carbocycles. The molecule has 0 bridgehead atoms. The molecule has 0 aliphatic heterocycles. The van der Waals surface area contributed by atoms with Crippen molar-refractivity contribution in [1.29, 1.82) is 0 Å². The molecule has 11 amide bonds. The quantitative estimate of drug-likeness (QED) is 0.0307. The maximum Gasteiger partial charge on any atom is 0.305 e. The first-order valence-electron chi connectivity index (χ1n) is 31.4. The molecule has 0 saturated carbocycles. The molecular weight excluding hydrogens is 1230 g/mol. The van der Waals surface area contributed by atoms with Gasteiger partial charge in [-0.25, -0.2) is 0 Å². The molecule has 1 aromatic rings. The predicted octanol–water partition coefficient (Wildman–Crippen LogP) is -2.23. The lowest BCUT2D eigenvalue weighted by atomic mass is 9.97. The van der Waals surface area contributed by atoms with Crippen molar-refractivity contribution in [2.24, 2.45) is 23.3 Å². The number of carboxylic acids is 4. The first-order valence-corrected chi connectivity index (χ1v) is 31.4. The third-order valence-electron chi connectivity index (χ3n) is 15.0. The molecular formula is C61H99N13O20. The Balaban J connectivity index is 3.62. The van der Waals surface area contributed by atoms with E-state index in [1.165, 1.54) is 6.92 Å². The Morgan fingerprint density at radius 1 is 0.468 bits per heavy atom. The second-order valence-electron chi connectivity index (χ2n) is 24.0. The highest BCUT2D eigenvalue weighted by Gasteiger charge is 2.41. The molecule has 0 unspecified atom stereocenters. The first-order chi connectivity index (χ1) is 44.1. The van der Waals surface area contributed by atoms with Gasteiger partial charge in [0.05, 0.1) is 19.1 Å². The number of hydrogen-bond donors (Lipinski definition) is 18. The maximum absolute atomic E-state index is 14.3. The fraction of sp³-hybridized carbons (Fsp3) is 0.656. The van der Waals surface area contributed by atoms with Crippen LogP contribution in [0.1, 0.15) is 164 Å². The van der Waals surface area contributed by atoms with Crippen molar-refractivity contribution in [3.8, 4) is 0 Å². The van der Waals surface area contributed by atoms with Gasteiger partial charge in [-0.1, -0.05) is 77.8 Å². The number of aliphatic hydroxyl groups is 1. The molecule has 33 heteroatoms. The number of amides is 11. The van der Waals surface area contributed by atoms with Crippen molar-refractivity contribution in [1.82, 2.24) is 58.5 Å². The number of rotatable bonds is 48. The van der Waals surface area contributed by atoms with Gasteiger partial charge in [-0.05, 0) is 103 Å². The van der Waals surface area contributed by atoms with Gasteiger partial charge in [0.2, 0.25) is 65.0 Å². The average Bonchev–Trinajstić information content (AvgIpc) is 0.852. The lowest BCUT2D eigenvalue weighted by Crippen LogP contribution is -2.65. The maximum atomic E-state index is 14.3. The number of aliphatic hydroxyl groups excluding tert-OH is 1. The van der Waals surface area contributed by atoms with Gasteiger partial charge in [0.25, 0.3) is 0 Å². The summed E-state index contributed by atoms with van der Waals surface area (Å²) < 4.78 is 0. The summed E-state index contributed by atoms with van der Waals surface area (Å²) in [4.78, 5) is 199. The standard InChI is InChI=1S/C61H99N13O20/c1-9-10-18-38(53(87)70-42(22-26-48(79)80)57(91)71-43(23-27-49(81)82)56(90)69-41(21-25-47(77)78)52(86)66-36(7)51(85)65-35(6)34(4)5)67-55(89)40(20-24-46(63)76)68-54(88)39(19-14-15-28-62)73-60(94)61(8,32-75)74-59(93)45(29-33(2)3)72-58(92)44(30-50(83)84)64-31-37-16-12-11-13-17-37/h11-13,16-17,33-36,38-45,64,75H,9-10,14-15,18-32,62H2,1-8H3,(H2,63,76)(H,65,85)(H,66,86)(H,67,89)(H,68,88)(H,69,90)(H,70,87)(H,71,91)(H,72,92)(H,73,94)(H,74,93)(H,77,78)(H,79,80)(H,81,82)(H,83,84)/t35-,36+,38+,39+,40+,41+,42+,43+,44+,45+,61+/m1/s1. The van der Waals surface area contributed by atoms with E-state index in [-0.39, 0.29) is 63.1 Å². The van der Waals surface area contributed by atoms with Crippen molar-refractivity contribution in [3.63, 3.8) is 0 Å². The van der Waals surface area contributed by atoms with Crippen LogP contribution in [-0.2, 0) is 78.5 Å². The third-order valence-corrected chi connectivity index (χ3v) is 15.0. The Morgan fingerprint density at radius 2 is 0.872 bits per heavy atom. The molecule has 94 heavy (non-hydrogen) atoms. The van der Waals surface area contributed by atoms with Crippen molar-refractivity contribution in [2.45, 2.75) is 231 Å². The van der Waals surface area contributed by atoms with E-state index in [1.807, 2.05) is 13.8 Å². The number of benzene rings is 1. The monoisotopic (exact) mass is 1330 g/mol. The van der Waals surface area contributed by atoms with Crippen LogP contribution < -0.4 is 70.0 Å². The van der Waals surface area contributed by atoms with Crippen LogP contribution in [0.25, 0.3) is 0 Å². The molecule has 20 N–H and O–H groups in total. The summed E-state index contributed by atoms with van der Waals surface area (Å²) >= 11 is 0. The topological polar surface area (TPSA) is 542 Å². The Hall–Kier alpha value is -8.85. The summed E-state index contributed by atoms with van der Waals surface area (Å²) in [6.45, 7) is 12.2. The van der Waals surface area contributed by atoms with Gasteiger partial charge in [0.15, 0.2) is 0 Å². The summed E-state index contributed by atoms with van der Waals surface area (Å²) in [7, 11) is 0. The average molecular weight is 1330 g/mol. The normalized spacial score (nSPS) is 15.0. The zero-order valence-electron chi connectivity index (χ0n) is 54.8. The van der Waals surface area contributed by atoms with E-state index in [0.717, 1.165) is 12.5 Å². The minimum atomic E-state index is -2.22. The van der Waals surface area contributed by atoms with E-state index in [9.17, 15) is 97.5 Å². The number of carbonyl (C=O) groups is 15. The summed E-state index contributed by atoms with van der Waals surface area (Å²) in [6, 6.07) is -5.68. The lowest BCUT2D eigenvalue weighted by molar-refractivity contribution is -0.141. The molecule has 0 spiro atoms. The van der Waals surface area contributed by atoms with Gasteiger partial charge in [0.1, 0.15) is 53.9 Å². The van der Waals surface area contributed by atoms with Gasteiger partial charge in [-0.2, -0.15) is 0 Å². The number of carboxylic acid groups (broad SMARTS) is 4.